The van der Waals surface area contributed by atoms with E-state index in [0.717, 1.165) is 35.1 Å². The number of rotatable bonds is 10. The van der Waals surface area contributed by atoms with Crippen LogP contribution in [-0.4, -0.2) is 53.7 Å². The van der Waals surface area contributed by atoms with Crippen LogP contribution in [0.25, 0.3) is 11.1 Å². The van der Waals surface area contributed by atoms with Gasteiger partial charge in [0.25, 0.3) is 0 Å². The highest BCUT2D eigenvalue weighted by atomic mass is 16.5. The monoisotopic (exact) mass is 450 g/mol. The number of hydrogen-bond donors (Lipinski definition) is 2. The van der Waals surface area contributed by atoms with Gasteiger partial charge in [0.05, 0.1) is 0 Å². The van der Waals surface area contributed by atoms with E-state index in [1.165, 1.54) is 4.90 Å². The molecule has 0 aromatic heterocycles. The van der Waals surface area contributed by atoms with E-state index in [1.807, 2.05) is 43.3 Å². The molecule has 0 radical (unpaired) electrons. The number of benzene rings is 2. The maximum absolute atomic E-state index is 13.0. The van der Waals surface area contributed by atoms with Gasteiger partial charge >= 0.3 is 12.1 Å². The fourth-order valence-electron chi connectivity index (χ4n) is 4.56. The lowest BCUT2D eigenvalue weighted by molar-refractivity contribution is -0.145. The summed E-state index contributed by atoms with van der Waals surface area (Å²) in [6.07, 6.45) is 2.43. The zero-order chi connectivity index (χ0) is 23.4. The van der Waals surface area contributed by atoms with Crippen molar-refractivity contribution in [1.29, 1.82) is 0 Å². The minimum atomic E-state index is -1.06. The molecular formula is C26H30N2O5. The molecule has 1 saturated carbocycles. The third-order valence-electron chi connectivity index (χ3n) is 6.32. The average Bonchev–Trinajstić information content (AvgIpc) is 3.57. The van der Waals surface area contributed by atoms with Crippen molar-refractivity contribution < 1.29 is 24.2 Å². The van der Waals surface area contributed by atoms with Gasteiger partial charge in [0.1, 0.15) is 19.2 Å². The van der Waals surface area contributed by atoms with Crippen LogP contribution in [0.1, 0.15) is 49.7 Å². The van der Waals surface area contributed by atoms with Crippen LogP contribution in [0.3, 0.4) is 0 Å². The van der Waals surface area contributed by atoms with Crippen molar-refractivity contribution >= 4 is 18.0 Å². The van der Waals surface area contributed by atoms with E-state index in [4.69, 9.17) is 4.74 Å². The van der Waals surface area contributed by atoms with Crippen molar-refractivity contribution in [1.82, 2.24) is 10.2 Å². The van der Waals surface area contributed by atoms with Crippen LogP contribution in [0.15, 0.2) is 48.5 Å². The maximum atomic E-state index is 13.0. The molecule has 1 fully saturated rings. The van der Waals surface area contributed by atoms with Gasteiger partial charge in [0.2, 0.25) is 5.91 Å². The molecule has 33 heavy (non-hydrogen) atoms. The van der Waals surface area contributed by atoms with E-state index in [9.17, 15) is 19.5 Å². The molecule has 2 aliphatic rings. The van der Waals surface area contributed by atoms with Gasteiger partial charge < -0.3 is 20.1 Å². The lowest BCUT2D eigenvalue weighted by Crippen LogP contribution is -2.50. The van der Waals surface area contributed by atoms with Gasteiger partial charge in [-0.15, -0.1) is 0 Å². The Balaban J connectivity index is 1.41. The number of hydrogen-bond acceptors (Lipinski definition) is 4. The molecule has 7 heteroatoms. The summed E-state index contributed by atoms with van der Waals surface area (Å²) in [5.41, 5.74) is 4.52. The van der Waals surface area contributed by atoms with Gasteiger partial charge in [-0.2, -0.15) is 0 Å². The lowest BCUT2D eigenvalue weighted by Gasteiger charge is -2.26. The second-order valence-electron chi connectivity index (χ2n) is 8.87. The number of aliphatic carboxylic acids is 1. The standard InChI is InChI=1S/C26H30N2O5/c1-2-7-23(25(31)28(15-24(29)30)14-17-12-13-17)27-26(32)33-16-22-20-10-5-3-8-18(20)19-9-4-6-11-21(19)22/h3-6,8-11,17,22-23H,2,7,12-16H2,1H3,(H,27,32)(H,29,30)/t23-/m1/s1. The van der Waals surface area contributed by atoms with E-state index in [1.54, 1.807) is 0 Å². The molecule has 0 heterocycles. The molecule has 0 spiro atoms. The predicted octanol–water partition coefficient (Wildman–Crippen LogP) is 4.02. The normalized spacial score (nSPS) is 15.3. The van der Waals surface area contributed by atoms with Crippen molar-refractivity contribution in [3.63, 3.8) is 0 Å². The van der Waals surface area contributed by atoms with Crippen LogP contribution in [0.5, 0.6) is 0 Å². The van der Waals surface area contributed by atoms with Crippen molar-refractivity contribution in [2.75, 3.05) is 19.7 Å². The molecule has 2 aliphatic carbocycles. The summed E-state index contributed by atoms with van der Waals surface area (Å²) < 4.78 is 5.58. The largest absolute Gasteiger partial charge is 0.480 e. The number of ether oxygens (including phenoxy) is 1. The molecule has 2 aromatic rings. The Morgan fingerprint density at radius 2 is 1.67 bits per heavy atom. The zero-order valence-electron chi connectivity index (χ0n) is 18.8. The lowest BCUT2D eigenvalue weighted by atomic mass is 9.98. The molecule has 2 amide bonds. The molecule has 2 aromatic carbocycles. The maximum Gasteiger partial charge on any atom is 0.407 e. The first-order valence-electron chi connectivity index (χ1n) is 11.6. The Hall–Kier alpha value is -3.35. The highest BCUT2D eigenvalue weighted by Gasteiger charge is 2.33. The van der Waals surface area contributed by atoms with Crippen LogP contribution >= 0.6 is 0 Å². The van der Waals surface area contributed by atoms with Gasteiger partial charge in [-0.25, -0.2) is 4.79 Å². The number of carbonyl (C=O) groups is 3. The molecule has 0 unspecified atom stereocenters. The Bertz CT molecular complexity index is 987. The van der Waals surface area contributed by atoms with E-state index >= 15 is 0 Å². The fraction of sp³-hybridized carbons (Fsp3) is 0.423. The molecule has 1 atom stereocenters. The first-order valence-corrected chi connectivity index (χ1v) is 11.6. The van der Waals surface area contributed by atoms with E-state index < -0.39 is 18.1 Å². The summed E-state index contributed by atoms with van der Waals surface area (Å²) in [4.78, 5) is 38.3. The molecule has 0 bridgehead atoms. The Morgan fingerprint density at radius 3 is 2.21 bits per heavy atom. The quantitative estimate of drug-likeness (QED) is 0.570. The highest BCUT2D eigenvalue weighted by molar-refractivity contribution is 5.88. The van der Waals surface area contributed by atoms with Crippen LogP contribution in [0.2, 0.25) is 0 Å². The molecule has 0 aliphatic heterocycles. The number of nitrogens with one attached hydrogen (secondary N) is 1. The number of carboxylic acids is 1. The highest BCUT2D eigenvalue weighted by Crippen LogP contribution is 2.44. The second-order valence-corrected chi connectivity index (χ2v) is 8.87. The molecule has 7 nitrogen and oxygen atoms in total. The molecule has 4 rings (SSSR count). The number of fused-ring (bicyclic) bond motifs is 3. The van der Waals surface area contributed by atoms with Gasteiger partial charge in [0, 0.05) is 12.5 Å². The smallest absolute Gasteiger partial charge is 0.407 e. The van der Waals surface area contributed by atoms with Gasteiger partial charge in [0.15, 0.2) is 0 Å². The van der Waals surface area contributed by atoms with Gasteiger partial charge in [-0.05, 0) is 47.4 Å². The third kappa shape index (κ3) is 5.35. The number of alkyl carbamates (subject to hydrolysis) is 1. The molecule has 0 saturated heterocycles. The van der Waals surface area contributed by atoms with Crippen molar-refractivity contribution in [3.8, 4) is 11.1 Å². The first-order chi connectivity index (χ1) is 16.0. The predicted molar refractivity (Wildman–Crippen MR) is 124 cm³/mol. The van der Waals surface area contributed by atoms with Gasteiger partial charge in [-0.3, -0.25) is 9.59 Å². The van der Waals surface area contributed by atoms with Crippen molar-refractivity contribution in [2.24, 2.45) is 5.92 Å². The topological polar surface area (TPSA) is 95.9 Å². The number of amides is 2. The summed E-state index contributed by atoms with van der Waals surface area (Å²) in [6.45, 7) is 2.13. The van der Waals surface area contributed by atoms with Crippen LogP contribution in [-0.2, 0) is 14.3 Å². The summed E-state index contributed by atoms with van der Waals surface area (Å²) in [5, 5.41) is 11.9. The Morgan fingerprint density at radius 1 is 1.06 bits per heavy atom. The Kier molecular flexibility index (Phi) is 6.96. The second kappa shape index (κ2) is 10.1. The molecule has 2 N–H and O–H groups in total. The number of nitrogens with zero attached hydrogens (tertiary/aromatic N) is 1. The third-order valence-corrected chi connectivity index (χ3v) is 6.32. The van der Waals surface area contributed by atoms with Crippen LogP contribution < -0.4 is 5.32 Å². The van der Waals surface area contributed by atoms with E-state index in [-0.39, 0.29) is 25.0 Å². The minimum absolute atomic E-state index is 0.0677. The van der Waals surface area contributed by atoms with Crippen molar-refractivity contribution in [2.45, 2.75) is 44.6 Å². The SMILES string of the molecule is CCC[C@@H](NC(=O)OCC1c2ccccc2-c2ccccc21)C(=O)N(CC(=O)O)CC1CC1. The van der Waals surface area contributed by atoms with Crippen molar-refractivity contribution in [3.05, 3.63) is 59.7 Å². The average molecular weight is 451 g/mol. The van der Waals surface area contributed by atoms with Crippen LogP contribution in [0.4, 0.5) is 4.79 Å². The zero-order valence-corrected chi connectivity index (χ0v) is 18.8. The number of carbonyl (C=O) groups excluding carboxylic acids is 2. The number of carboxylic acid groups (broad SMARTS) is 1. The molecular weight excluding hydrogens is 420 g/mol. The Labute approximate surface area is 193 Å². The first kappa shape index (κ1) is 22.8. The summed E-state index contributed by atoms with van der Waals surface area (Å²) in [5.74, 6) is -1.13. The summed E-state index contributed by atoms with van der Waals surface area (Å²) >= 11 is 0. The summed E-state index contributed by atoms with van der Waals surface area (Å²) in [6, 6.07) is 15.4. The van der Waals surface area contributed by atoms with Crippen LogP contribution in [0, 0.1) is 5.92 Å². The summed E-state index contributed by atoms with van der Waals surface area (Å²) in [7, 11) is 0. The minimum Gasteiger partial charge on any atom is -0.480 e. The van der Waals surface area contributed by atoms with E-state index in [0.29, 0.717) is 25.3 Å². The fourth-order valence-corrected chi connectivity index (χ4v) is 4.56. The van der Waals surface area contributed by atoms with E-state index in [2.05, 4.69) is 17.4 Å². The van der Waals surface area contributed by atoms with Gasteiger partial charge in [-0.1, -0.05) is 61.9 Å². The molecule has 174 valence electrons.